The number of carboxylic acid groups (broad SMARTS) is 1. The summed E-state index contributed by atoms with van der Waals surface area (Å²) in [5.74, 6) is 0.406. The Morgan fingerprint density at radius 2 is 2.42 bits per heavy atom. The smallest absolute Gasteiger partial charge is 0.348 e. The fourth-order valence-corrected chi connectivity index (χ4v) is 2.15. The van der Waals surface area contributed by atoms with Crippen molar-refractivity contribution in [2.45, 2.75) is 38.4 Å². The van der Waals surface area contributed by atoms with Crippen LogP contribution in [0.2, 0.25) is 0 Å². The third kappa shape index (κ3) is 2.43. The first-order chi connectivity index (χ1) is 9.00. The lowest BCUT2D eigenvalue weighted by atomic mass is 9.94. The molecule has 2 atom stereocenters. The zero-order valence-corrected chi connectivity index (χ0v) is 11.2. The maximum Gasteiger partial charge on any atom is 0.348 e. The van der Waals surface area contributed by atoms with Crippen molar-refractivity contribution in [2.75, 3.05) is 0 Å². The van der Waals surface area contributed by atoms with Crippen molar-refractivity contribution in [1.82, 2.24) is 0 Å². The molecule has 0 bridgehead atoms. The van der Waals surface area contributed by atoms with Crippen LogP contribution >= 0.6 is 0 Å². The Kier molecular flexibility index (Phi) is 3.51. The van der Waals surface area contributed by atoms with E-state index in [2.05, 4.69) is 6.58 Å². The van der Waals surface area contributed by atoms with Crippen molar-refractivity contribution < 1.29 is 19.4 Å². The zero-order valence-electron chi connectivity index (χ0n) is 11.2. The Balaban J connectivity index is 2.24. The van der Waals surface area contributed by atoms with Crippen LogP contribution in [0.15, 0.2) is 30.9 Å². The monoisotopic (exact) mass is 262 g/mol. The second kappa shape index (κ2) is 4.96. The van der Waals surface area contributed by atoms with Gasteiger partial charge in [-0.05, 0) is 31.5 Å². The second-order valence-corrected chi connectivity index (χ2v) is 4.76. The third-order valence-electron chi connectivity index (χ3n) is 3.43. The number of carboxylic acids is 1. The SMILES string of the molecule is C=CC(C)Oc1ccc2c(c1)CC(CC)(C(=O)O)O2. The maximum absolute atomic E-state index is 11.4. The molecule has 0 aromatic heterocycles. The van der Waals surface area contributed by atoms with E-state index in [1.54, 1.807) is 18.2 Å². The summed E-state index contributed by atoms with van der Waals surface area (Å²) in [5, 5.41) is 9.32. The van der Waals surface area contributed by atoms with Crippen LogP contribution in [0.25, 0.3) is 0 Å². The van der Waals surface area contributed by atoms with Gasteiger partial charge >= 0.3 is 5.97 Å². The molecule has 0 fully saturated rings. The van der Waals surface area contributed by atoms with Gasteiger partial charge in [0.2, 0.25) is 5.60 Å². The molecule has 1 aliphatic heterocycles. The molecule has 102 valence electrons. The minimum atomic E-state index is -1.13. The molecule has 1 aromatic carbocycles. The van der Waals surface area contributed by atoms with Gasteiger partial charge in [-0.2, -0.15) is 0 Å². The molecule has 0 saturated carbocycles. The predicted molar refractivity (Wildman–Crippen MR) is 71.7 cm³/mol. The van der Waals surface area contributed by atoms with E-state index in [9.17, 15) is 9.90 Å². The zero-order chi connectivity index (χ0) is 14.0. The number of rotatable bonds is 5. The average Bonchev–Trinajstić information content (AvgIpc) is 2.77. The topological polar surface area (TPSA) is 55.8 Å². The Morgan fingerprint density at radius 3 is 3.00 bits per heavy atom. The molecule has 2 unspecified atom stereocenters. The first kappa shape index (κ1) is 13.5. The van der Waals surface area contributed by atoms with Crippen LogP contribution in [-0.4, -0.2) is 22.8 Å². The van der Waals surface area contributed by atoms with Gasteiger partial charge in [0, 0.05) is 12.0 Å². The van der Waals surface area contributed by atoms with Crippen LogP contribution in [-0.2, 0) is 11.2 Å². The molecule has 4 nitrogen and oxygen atoms in total. The van der Waals surface area contributed by atoms with Crippen LogP contribution in [0.5, 0.6) is 11.5 Å². The van der Waals surface area contributed by atoms with Crippen LogP contribution in [0.3, 0.4) is 0 Å². The van der Waals surface area contributed by atoms with Crippen LogP contribution < -0.4 is 9.47 Å². The van der Waals surface area contributed by atoms with E-state index >= 15 is 0 Å². The van der Waals surface area contributed by atoms with Gasteiger partial charge in [-0.15, -0.1) is 0 Å². The predicted octanol–water partition coefficient (Wildman–Crippen LogP) is 2.81. The Morgan fingerprint density at radius 1 is 1.68 bits per heavy atom. The molecular weight excluding hydrogens is 244 g/mol. The Labute approximate surface area is 112 Å². The first-order valence-electron chi connectivity index (χ1n) is 6.35. The number of hydrogen-bond donors (Lipinski definition) is 1. The van der Waals surface area contributed by atoms with E-state index in [0.717, 1.165) is 5.56 Å². The number of benzene rings is 1. The van der Waals surface area contributed by atoms with Gasteiger partial charge in [-0.1, -0.05) is 19.6 Å². The van der Waals surface area contributed by atoms with E-state index in [-0.39, 0.29) is 6.10 Å². The summed E-state index contributed by atoms with van der Waals surface area (Å²) in [6.45, 7) is 7.37. The van der Waals surface area contributed by atoms with Crippen molar-refractivity contribution >= 4 is 5.97 Å². The standard InChI is InChI=1S/C15H18O4/c1-4-10(3)18-12-6-7-13-11(8-12)9-15(5-2,19-13)14(16)17/h4,6-8,10H,1,5,9H2,2-3H3,(H,16,17). The molecule has 0 aliphatic carbocycles. The number of fused-ring (bicyclic) bond motifs is 1. The molecule has 1 heterocycles. The molecule has 0 saturated heterocycles. The number of aliphatic carboxylic acids is 1. The lowest BCUT2D eigenvalue weighted by molar-refractivity contribution is -0.154. The summed E-state index contributed by atoms with van der Waals surface area (Å²) < 4.78 is 11.2. The van der Waals surface area contributed by atoms with Crippen molar-refractivity contribution in [1.29, 1.82) is 0 Å². The summed E-state index contributed by atoms with van der Waals surface area (Å²) in [4.78, 5) is 11.4. The molecule has 0 amide bonds. The molecule has 1 aromatic rings. The van der Waals surface area contributed by atoms with E-state index in [4.69, 9.17) is 9.47 Å². The second-order valence-electron chi connectivity index (χ2n) is 4.76. The highest BCUT2D eigenvalue weighted by atomic mass is 16.5. The van der Waals surface area contributed by atoms with Crippen molar-refractivity contribution in [3.63, 3.8) is 0 Å². The van der Waals surface area contributed by atoms with Gasteiger partial charge in [0.05, 0.1) is 0 Å². The van der Waals surface area contributed by atoms with E-state index in [1.807, 2.05) is 19.9 Å². The number of carbonyl (C=O) groups is 1. The van der Waals surface area contributed by atoms with Crippen LogP contribution in [0.4, 0.5) is 0 Å². The lowest BCUT2D eigenvalue weighted by Gasteiger charge is -2.21. The minimum Gasteiger partial charge on any atom is -0.487 e. The number of hydrogen-bond acceptors (Lipinski definition) is 3. The van der Waals surface area contributed by atoms with Crippen molar-refractivity contribution in [3.05, 3.63) is 36.4 Å². The van der Waals surface area contributed by atoms with Gasteiger partial charge in [-0.25, -0.2) is 4.79 Å². The Hall–Kier alpha value is -1.97. The molecule has 0 spiro atoms. The summed E-state index contributed by atoms with van der Waals surface area (Å²) in [6, 6.07) is 5.39. The largest absolute Gasteiger partial charge is 0.487 e. The molecule has 0 radical (unpaired) electrons. The molecule has 4 heteroatoms. The number of ether oxygens (including phenoxy) is 2. The Bertz CT molecular complexity index is 509. The highest BCUT2D eigenvalue weighted by Gasteiger charge is 2.45. The molecule has 1 aliphatic rings. The molecule has 2 rings (SSSR count). The van der Waals surface area contributed by atoms with E-state index < -0.39 is 11.6 Å². The minimum absolute atomic E-state index is 0.0872. The first-order valence-corrected chi connectivity index (χ1v) is 6.35. The van der Waals surface area contributed by atoms with Gasteiger partial charge in [0.15, 0.2) is 0 Å². The quantitative estimate of drug-likeness (QED) is 0.829. The highest BCUT2D eigenvalue weighted by molar-refractivity contribution is 5.80. The van der Waals surface area contributed by atoms with E-state index in [1.165, 1.54) is 0 Å². The van der Waals surface area contributed by atoms with Gasteiger partial charge in [-0.3, -0.25) is 0 Å². The van der Waals surface area contributed by atoms with Crippen LogP contribution in [0, 0.1) is 0 Å². The fourth-order valence-electron chi connectivity index (χ4n) is 2.15. The summed E-state index contributed by atoms with van der Waals surface area (Å²) in [5.41, 5.74) is -0.261. The maximum atomic E-state index is 11.4. The normalized spacial score (nSPS) is 22.2. The van der Waals surface area contributed by atoms with Crippen LogP contribution in [0.1, 0.15) is 25.8 Å². The van der Waals surface area contributed by atoms with Crippen molar-refractivity contribution in [2.24, 2.45) is 0 Å². The third-order valence-corrected chi connectivity index (χ3v) is 3.43. The van der Waals surface area contributed by atoms with Gasteiger partial charge in [0.25, 0.3) is 0 Å². The molecule has 1 N–H and O–H groups in total. The highest BCUT2D eigenvalue weighted by Crippen LogP contribution is 2.39. The molecular formula is C15H18O4. The van der Waals surface area contributed by atoms with Gasteiger partial charge < -0.3 is 14.6 Å². The molecule has 19 heavy (non-hydrogen) atoms. The fraction of sp³-hybridized carbons (Fsp3) is 0.400. The van der Waals surface area contributed by atoms with Gasteiger partial charge in [0.1, 0.15) is 17.6 Å². The van der Waals surface area contributed by atoms with E-state index in [0.29, 0.717) is 24.3 Å². The summed E-state index contributed by atoms with van der Waals surface area (Å²) >= 11 is 0. The van der Waals surface area contributed by atoms with Crippen molar-refractivity contribution in [3.8, 4) is 11.5 Å². The summed E-state index contributed by atoms with van der Waals surface area (Å²) in [6.07, 6.45) is 2.41. The summed E-state index contributed by atoms with van der Waals surface area (Å²) in [7, 11) is 0. The average molecular weight is 262 g/mol. The lowest BCUT2D eigenvalue weighted by Crippen LogP contribution is -2.42.